The van der Waals surface area contributed by atoms with E-state index in [0.29, 0.717) is 64.4 Å². The predicted octanol–water partition coefficient (Wildman–Crippen LogP) is 8.03. The summed E-state index contributed by atoms with van der Waals surface area (Å²) in [6.45, 7) is 11.9. The molecule has 0 spiro atoms. The fourth-order valence-corrected chi connectivity index (χ4v) is 12.0. The molecule has 0 radical (unpaired) electrons. The molecule has 4 aromatic rings. The van der Waals surface area contributed by atoms with Crippen molar-refractivity contribution in [3.63, 3.8) is 0 Å². The Kier molecular flexibility index (Phi) is 10.7. The lowest BCUT2D eigenvalue weighted by atomic mass is 9.53. The number of aromatic nitrogens is 4. The first-order valence-electron chi connectivity index (χ1n) is 20.5. The number of ether oxygens (including phenoxy) is 2. The third-order valence-electron chi connectivity index (χ3n) is 13.1. The van der Waals surface area contributed by atoms with Crippen LogP contribution >= 0.6 is 11.3 Å². The van der Waals surface area contributed by atoms with E-state index in [1.54, 1.807) is 13.2 Å². The predicted molar refractivity (Wildman–Crippen MR) is 231 cm³/mol. The second-order valence-corrected chi connectivity index (χ2v) is 19.2. The summed E-state index contributed by atoms with van der Waals surface area (Å²) in [5, 5.41) is 23.8. The van der Waals surface area contributed by atoms with Crippen molar-refractivity contribution in [3.8, 4) is 5.75 Å². The van der Waals surface area contributed by atoms with Crippen LogP contribution in [0.15, 0.2) is 41.5 Å². The molecule has 9 rings (SSSR count). The van der Waals surface area contributed by atoms with Crippen molar-refractivity contribution in [1.82, 2.24) is 25.1 Å². The minimum Gasteiger partial charge on any atom is -0.497 e. The molecule has 13 nitrogen and oxygen atoms in total. The van der Waals surface area contributed by atoms with E-state index >= 15 is 0 Å². The lowest BCUT2D eigenvalue weighted by molar-refractivity contribution is -0.165. The highest BCUT2D eigenvalue weighted by molar-refractivity contribution is 7.22. The number of carbonyl (C=O) groups is 1. The molecule has 5 aliphatic rings. The Morgan fingerprint density at radius 3 is 2.66 bits per heavy atom. The van der Waals surface area contributed by atoms with Crippen LogP contribution in [-0.2, 0) is 11.2 Å². The number of nitrogens with one attached hydrogen (secondary N) is 1. The Bertz CT molecular complexity index is 2290. The number of anilines is 4. The van der Waals surface area contributed by atoms with E-state index in [9.17, 15) is 9.90 Å². The SMILES string of the molecule is COc1ccc2sc(Nc3nnc4c(c3C)CCCN4c3ccc(C(=CN)C(C)=NCC4CC5(C)CC6(C)CC4CC(OCCN(C)C)(C5)C6)c(C(=O)O)n3)nc2c1. The van der Waals surface area contributed by atoms with Crippen molar-refractivity contribution in [3.05, 3.63) is 58.9 Å². The maximum absolute atomic E-state index is 12.9. The van der Waals surface area contributed by atoms with E-state index in [-0.39, 0.29) is 22.1 Å². The number of benzene rings is 1. The number of allylic oxidation sites excluding steroid dienone is 1. The van der Waals surface area contributed by atoms with Crippen LogP contribution in [0.2, 0.25) is 0 Å². The third-order valence-corrected chi connectivity index (χ3v) is 14.0. The topological polar surface area (TPSA) is 164 Å². The van der Waals surface area contributed by atoms with Gasteiger partial charge in [-0.15, -0.1) is 10.2 Å². The smallest absolute Gasteiger partial charge is 0.355 e. The number of likely N-dealkylation sites (N-methyl/N-ethyl adjacent to an activating group) is 1. The van der Waals surface area contributed by atoms with Crippen molar-refractivity contribution >= 4 is 61.4 Å². The first-order chi connectivity index (χ1) is 27.7. The molecule has 4 heterocycles. The lowest BCUT2D eigenvalue weighted by Gasteiger charge is -2.56. The molecule has 1 aliphatic heterocycles. The highest BCUT2D eigenvalue weighted by Gasteiger charge is 2.60. The quantitative estimate of drug-likeness (QED) is 0.112. The van der Waals surface area contributed by atoms with Gasteiger partial charge in [-0.3, -0.25) is 4.99 Å². The number of nitrogens with two attached hydrogens (primary N) is 1. The molecular formula is C44H57N9O4S. The molecule has 4 saturated carbocycles. The van der Waals surface area contributed by atoms with Gasteiger partial charge < -0.3 is 35.4 Å². The summed E-state index contributed by atoms with van der Waals surface area (Å²) < 4.78 is 13.2. The molecular weight excluding hydrogens is 751 g/mol. The molecule has 4 N–H and O–H groups in total. The zero-order chi connectivity index (χ0) is 41.0. The van der Waals surface area contributed by atoms with Gasteiger partial charge in [0.05, 0.1) is 29.5 Å². The van der Waals surface area contributed by atoms with Crippen LogP contribution in [0, 0.1) is 29.6 Å². The number of nitrogens with zero attached hydrogens (tertiary/aromatic N) is 7. The van der Waals surface area contributed by atoms with E-state index in [0.717, 1.165) is 78.8 Å². The van der Waals surface area contributed by atoms with Gasteiger partial charge in [0, 0.05) is 59.9 Å². The number of carboxylic acid groups (broad SMARTS) is 1. The van der Waals surface area contributed by atoms with Crippen LogP contribution in [0.4, 0.5) is 22.6 Å². The average molecular weight is 808 g/mol. The minimum atomic E-state index is -1.13. The third kappa shape index (κ3) is 7.78. The molecule has 1 aromatic carbocycles. The molecule has 4 aliphatic carbocycles. The van der Waals surface area contributed by atoms with E-state index in [4.69, 9.17) is 30.2 Å². The van der Waals surface area contributed by atoms with Crippen LogP contribution in [0.1, 0.15) is 92.9 Å². The summed E-state index contributed by atoms with van der Waals surface area (Å²) in [5.41, 5.74) is 11.2. The van der Waals surface area contributed by atoms with Crippen LogP contribution in [0.25, 0.3) is 15.8 Å². The van der Waals surface area contributed by atoms with E-state index < -0.39 is 5.97 Å². The molecule has 3 aromatic heterocycles. The number of hydrogen-bond donors (Lipinski definition) is 3. The highest BCUT2D eigenvalue weighted by Crippen LogP contribution is 2.66. The number of methoxy groups -OCH3 is 1. The molecule has 0 saturated heterocycles. The van der Waals surface area contributed by atoms with Gasteiger partial charge in [0.1, 0.15) is 11.6 Å². The van der Waals surface area contributed by atoms with E-state index in [2.05, 4.69) is 48.4 Å². The zero-order valence-electron chi connectivity index (χ0n) is 34.9. The molecule has 58 heavy (non-hydrogen) atoms. The largest absolute Gasteiger partial charge is 0.497 e. The average Bonchev–Trinajstić information content (AvgIpc) is 3.52. The summed E-state index contributed by atoms with van der Waals surface area (Å²) >= 11 is 1.54. The zero-order valence-corrected chi connectivity index (χ0v) is 35.7. The molecule has 5 unspecified atom stereocenters. The molecule has 14 heteroatoms. The Hall–Kier alpha value is -4.66. The van der Waals surface area contributed by atoms with Gasteiger partial charge in [-0.2, -0.15) is 0 Å². The Labute approximate surface area is 345 Å². The molecule has 5 atom stereocenters. The summed E-state index contributed by atoms with van der Waals surface area (Å²) in [4.78, 5) is 31.7. The van der Waals surface area contributed by atoms with Crippen molar-refractivity contribution in [2.75, 3.05) is 57.7 Å². The Morgan fingerprint density at radius 1 is 1.12 bits per heavy atom. The van der Waals surface area contributed by atoms with Gasteiger partial charge >= 0.3 is 5.97 Å². The Morgan fingerprint density at radius 2 is 1.91 bits per heavy atom. The summed E-state index contributed by atoms with van der Waals surface area (Å²) in [6, 6.07) is 9.48. The number of aromatic carboxylic acids is 1. The number of hydrogen-bond acceptors (Lipinski definition) is 13. The van der Waals surface area contributed by atoms with Crippen LogP contribution < -0.4 is 20.7 Å². The van der Waals surface area contributed by atoms with Gasteiger partial charge in [-0.25, -0.2) is 14.8 Å². The molecule has 0 amide bonds. The fraction of sp³-hybridized carbons (Fsp3) is 0.545. The van der Waals surface area contributed by atoms with Gasteiger partial charge in [0.25, 0.3) is 0 Å². The van der Waals surface area contributed by atoms with Crippen molar-refractivity contribution in [2.24, 2.45) is 33.4 Å². The van der Waals surface area contributed by atoms with Crippen LogP contribution in [-0.4, -0.2) is 94.9 Å². The maximum Gasteiger partial charge on any atom is 0.355 e. The Balaban J connectivity index is 1.01. The number of aliphatic imine (C=N–C) groups is 1. The van der Waals surface area contributed by atoms with E-state index in [1.807, 2.05) is 43.0 Å². The number of carboxylic acids is 1. The van der Waals surface area contributed by atoms with Gasteiger partial charge in [-0.1, -0.05) is 25.2 Å². The highest BCUT2D eigenvalue weighted by atomic mass is 32.1. The van der Waals surface area contributed by atoms with Gasteiger partial charge in [-0.05, 0) is 126 Å². The first kappa shape index (κ1) is 40.1. The number of rotatable bonds is 13. The molecule has 4 fully saturated rings. The van der Waals surface area contributed by atoms with Crippen molar-refractivity contribution in [2.45, 2.75) is 84.7 Å². The fourth-order valence-electron chi connectivity index (χ4n) is 11.2. The van der Waals surface area contributed by atoms with Gasteiger partial charge in [0.2, 0.25) is 0 Å². The van der Waals surface area contributed by atoms with E-state index in [1.165, 1.54) is 30.4 Å². The maximum atomic E-state index is 12.9. The van der Waals surface area contributed by atoms with Crippen molar-refractivity contribution < 1.29 is 19.4 Å². The number of fused-ring (bicyclic) bond motifs is 3. The summed E-state index contributed by atoms with van der Waals surface area (Å²) in [6.07, 6.45) is 10.0. The standard InChI is InChI=1S/C44H57N9O4S/c1-26-31-9-8-14-53(39(31)51-50-38(26)49-41-47-34-17-30(56-7)10-12-35(34)58-41)36-13-11-32(37(48-36)40(54)55)33(21-45)27(2)46-22-29-19-43(4)23-42(3)18-28(29)20-44(24-42,25-43)57-16-15-52(5)6/h10-13,17,21,28-29H,8-9,14-16,18-20,22-25,45H2,1-7H3,(H,54,55)(H,47,49,50). The second-order valence-electron chi connectivity index (χ2n) is 18.2. The lowest BCUT2D eigenvalue weighted by Crippen LogP contribution is -2.52. The van der Waals surface area contributed by atoms with Gasteiger partial charge in [0.15, 0.2) is 22.5 Å². The van der Waals surface area contributed by atoms with Crippen LogP contribution in [0.3, 0.4) is 0 Å². The number of thiazole rings is 1. The minimum absolute atomic E-state index is 0.0642. The molecule has 4 bridgehead atoms. The summed E-state index contributed by atoms with van der Waals surface area (Å²) in [5.74, 6) is 2.37. The number of pyridine rings is 1. The first-order valence-corrected chi connectivity index (χ1v) is 21.3. The summed E-state index contributed by atoms with van der Waals surface area (Å²) in [7, 11) is 5.85. The van der Waals surface area contributed by atoms with Crippen molar-refractivity contribution in [1.29, 1.82) is 0 Å². The molecule has 308 valence electrons. The normalized spacial score (nSPS) is 26.9. The van der Waals surface area contributed by atoms with Crippen LogP contribution in [0.5, 0.6) is 5.75 Å². The monoisotopic (exact) mass is 807 g/mol. The second kappa shape index (κ2) is 15.5.